The summed E-state index contributed by atoms with van der Waals surface area (Å²) in [6, 6.07) is 0. The Morgan fingerprint density at radius 1 is 1.27 bits per heavy atom. The molecule has 7 heteroatoms. The molecule has 5 atom stereocenters. The number of aliphatic hydroxyl groups is 5. The van der Waals surface area contributed by atoms with E-state index in [1.54, 1.807) is 6.92 Å². The lowest BCUT2D eigenvalue weighted by atomic mass is 9.98. The van der Waals surface area contributed by atoms with Gasteiger partial charge in [0.1, 0.15) is 18.3 Å². The van der Waals surface area contributed by atoms with Gasteiger partial charge in [-0.15, -0.1) is 0 Å². The molecule has 1 rings (SSSR count). The van der Waals surface area contributed by atoms with E-state index in [0.717, 1.165) is 0 Å². The van der Waals surface area contributed by atoms with Crippen molar-refractivity contribution in [3.8, 4) is 0 Å². The van der Waals surface area contributed by atoms with Crippen molar-refractivity contribution >= 4 is 0 Å². The Labute approximate surface area is 86.5 Å². The van der Waals surface area contributed by atoms with Crippen LogP contribution in [0, 0.1) is 0 Å². The molecular formula is C8H16O7. The Kier molecular flexibility index (Phi) is 4.01. The molecule has 0 amide bonds. The van der Waals surface area contributed by atoms with E-state index in [-0.39, 0.29) is 6.61 Å². The Morgan fingerprint density at radius 3 is 2.33 bits per heavy atom. The van der Waals surface area contributed by atoms with Gasteiger partial charge in [0.15, 0.2) is 6.10 Å². The monoisotopic (exact) mass is 224 g/mol. The van der Waals surface area contributed by atoms with E-state index in [1.165, 1.54) is 0 Å². The molecule has 0 radical (unpaired) electrons. The molecule has 7 nitrogen and oxygen atoms in total. The Bertz CT molecular complexity index is 209. The highest BCUT2D eigenvalue weighted by Crippen LogP contribution is 2.28. The largest absolute Gasteiger partial charge is 0.394 e. The highest BCUT2D eigenvalue weighted by molar-refractivity contribution is 4.91. The summed E-state index contributed by atoms with van der Waals surface area (Å²) < 4.78 is 9.52. The Hall–Kier alpha value is -0.280. The lowest BCUT2D eigenvalue weighted by Crippen LogP contribution is -2.66. The van der Waals surface area contributed by atoms with Gasteiger partial charge in [0.2, 0.25) is 0 Å². The normalized spacial score (nSPS) is 46.8. The zero-order chi connectivity index (χ0) is 11.6. The molecule has 0 aromatic carbocycles. The third-order valence-electron chi connectivity index (χ3n) is 2.28. The van der Waals surface area contributed by atoms with Gasteiger partial charge >= 0.3 is 5.97 Å². The Morgan fingerprint density at radius 2 is 1.87 bits per heavy atom. The first-order valence-electron chi connectivity index (χ1n) is 4.65. The minimum atomic E-state index is -2.40. The zero-order valence-corrected chi connectivity index (χ0v) is 8.28. The smallest absolute Gasteiger partial charge is 0.311 e. The van der Waals surface area contributed by atoms with Crippen molar-refractivity contribution in [2.24, 2.45) is 0 Å². The van der Waals surface area contributed by atoms with Crippen molar-refractivity contribution < 1.29 is 35.0 Å². The molecule has 90 valence electrons. The maximum absolute atomic E-state index is 9.65. The van der Waals surface area contributed by atoms with Crippen LogP contribution in [-0.2, 0) is 9.47 Å². The van der Waals surface area contributed by atoms with Crippen LogP contribution >= 0.6 is 0 Å². The molecule has 1 aliphatic rings. The SMILES string of the molecule is CCOC1(O)O[C@H](CO)[C@@H](O)[C@H](O)[C@H]1O. The van der Waals surface area contributed by atoms with E-state index >= 15 is 0 Å². The lowest BCUT2D eigenvalue weighted by molar-refractivity contribution is -0.447. The number of rotatable bonds is 3. The molecule has 1 unspecified atom stereocenters. The van der Waals surface area contributed by atoms with Crippen molar-refractivity contribution in [2.45, 2.75) is 37.3 Å². The molecular weight excluding hydrogens is 208 g/mol. The van der Waals surface area contributed by atoms with Crippen LogP contribution in [0.15, 0.2) is 0 Å². The highest BCUT2D eigenvalue weighted by Gasteiger charge is 2.53. The fourth-order valence-electron chi connectivity index (χ4n) is 1.45. The molecule has 0 saturated carbocycles. The van der Waals surface area contributed by atoms with Crippen molar-refractivity contribution in [3.05, 3.63) is 0 Å². The summed E-state index contributed by atoms with van der Waals surface area (Å²) in [7, 11) is 0. The first kappa shape index (κ1) is 12.8. The standard InChI is InChI=1S/C8H16O7/c1-2-14-8(13)7(12)6(11)5(10)4(3-9)15-8/h4-7,9-13H,2-3H2,1H3/t4-,5-,6+,7-,8?/m1/s1. The van der Waals surface area contributed by atoms with Gasteiger partial charge in [0.25, 0.3) is 0 Å². The quantitative estimate of drug-likeness (QED) is 0.327. The van der Waals surface area contributed by atoms with Crippen LogP contribution in [0.4, 0.5) is 0 Å². The fourth-order valence-corrected chi connectivity index (χ4v) is 1.45. The topological polar surface area (TPSA) is 120 Å². The average Bonchev–Trinajstić information content (AvgIpc) is 2.21. The first-order valence-corrected chi connectivity index (χ1v) is 4.65. The number of aliphatic hydroxyl groups excluding tert-OH is 4. The molecule has 1 heterocycles. The fraction of sp³-hybridized carbons (Fsp3) is 1.00. The summed E-state index contributed by atoms with van der Waals surface area (Å²) in [4.78, 5) is 0. The lowest BCUT2D eigenvalue weighted by Gasteiger charge is -2.44. The number of hydrogen-bond donors (Lipinski definition) is 5. The van der Waals surface area contributed by atoms with Crippen molar-refractivity contribution in [1.82, 2.24) is 0 Å². The van der Waals surface area contributed by atoms with E-state index in [2.05, 4.69) is 0 Å². The van der Waals surface area contributed by atoms with Gasteiger partial charge in [-0.3, -0.25) is 0 Å². The van der Waals surface area contributed by atoms with Gasteiger partial charge in [-0.05, 0) is 6.92 Å². The minimum Gasteiger partial charge on any atom is -0.394 e. The maximum atomic E-state index is 9.65. The van der Waals surface area contributed by atoms with Crippen LogP contribution in [0.1, 0.15) is 6.92 Å². The second kappa shape index (κ2) is 4.71. The van der Waals surface area contributed by atoms with E-state index in [1.807, 2.05) is 0 Å². The van der Waals surface area contributed by atoms with Crippen molar-refractivity contribution in [1.29, 1.82) is 0 Å². The van der Waals surface area contributed by atoms with Crippen LogP contribution in [0.3, 0.4) is 0 Å². The Balaban J connectivity index is 2.82. The molecule has 0 aromatic heterocycles. The van der Waals surface area contributed by atoms with Crippen LogP contribution < -0.4 is 0 Å². The molecule has 15 heavy (non-hydrogen) atoms. The van der Waals surface area contributed by atoms with Crippen molar-refractivity contribution in [2.75, 3.05) is 13.2 Å². The van der Waals surface area contributed by atoms with Gasteiger partial charge in [-0.2, -0.15) is 0 Å². The molecule has 0 bridgehead atoms. The molecule has 1 fully saturated rings. The number of hydrogen-bond acceptors (Lipinski definition) is 7. The molecule has 0 aliphatic carbocycles. The van der Waals surface area contributed by atoms with Crippen LogP contribution in [0.2, 0.25) is 0 Å². The third-order valence-corrected chi connectivity index (χ3v) is 2.28. The van der Waals surface area contributed by atoms with Crippen LogP contribution in [-0.4, -0.2) is 69.1 Å². The summed E-state index contributed by atoms with van der Waals surface area (Å²) in [5, 5.41) is 46.6. The van der Waals surface area contributed by atoms with Crippen molar-refractivity contribution in [3.63, 3.8) is 0 Å². The molecule has 0 spiro atoms. The maximum Gasteiger partial charge on any atom is 0.311 e. The third kappa shape index (κ3) is 2.28. The predicted octanol–water partition coefficient (Wildman–Crippen LogP) is -2.86. The van der Waals surface area contributed by atoms with Gasteiger partial charge in [0, 0.05) is 6.61 Å². The van der Waals surface area contributed by atoms with Gasteiger partial charge in [-0.1, -0.05) is 0 Å². The molecule has 1 saturated heterocycles. The highest BCUT2D eigenvalue weighted by atomic mass is 16.8. The van der Waals surface area contributed by atoms with E-state index < -0.39 is 37.0 Å². The summed E-state index contributed by atoms with van der Waals surface area (Å²) in [5.41, 5.74) is 0. The van der Waals surface area contributed by atoms with E-state index in [9.17, 15) is 20.4 Å². The second-order valence-electron chi connectivity index (χ2n) is 3.33. The van der Waals surface area contributed by atoms with Gasteiger partial charge in [-0.25, -0.2) is 0 Å². The van der Waals surface area contributed by atoms with Gasteiger partial charge in [0.05, 0.1) is 6.61 Å². The van der Waals surface area contributed by atoms with E-state index in [0.29, 0.717) is 0 Å². The second-order valence-corrected chi connectivity index (χ2v) is 3.33. The minimum absolute atomic E-state index is 0.0362. The predicted molar refractivity (Wildman–Crippen MR) is 46.6 cm³/mol. The molecule has 0 aromatic rings. The summed E-state index contributed by atoms with van der Waals surface area (Å²) in [6.07, 6.45) is -6.13. The summed E-state index contributed by atoms with van der Waals surface area (Å²) >= 11 is 0. The van der Waals surface area contributed by atoms with Crippen LogP contribution in [0.25, 0.3) is 0 Å². The average molecular weight is 224 g/mol. The van der Waals surface area contributed by atoms with Gasteiger partial charge < -0.3 is 35.0 Å². The molecule has 1 aliphatic heterocycles. The number of ether oxygens (including phenoxy) is 2. The van der Waals surface area contributed by atoms with E-state index in [4.69, 9.17) is 14.6 Å². The summed E-state index contributed by atoms with van der Waals surface area (Å²) in [6.45, 7) is 0.980. The molecule has 5 N–H and O–H groups in total. The zero-order valence-electron chi connectivity index (χ0n) is 8.28. The summed E-state index contributed by atoms with van der Waals surface area (Å²) in [5.74, 6) is -2.40. The van der Waals surface area contributed by atoms with Crippen LogP contribution in [0.5, 0.6) is 0 Å². The first-order chi connectivity index (χ1) is 6.96.